The van der Waals surface area contributed by atoms with Crippen LogP contribution in [-0.2, 0) is 11.3 Å². The molecule has 0 aliphatic rings. The van der Waals surface area contributed by atoms with E-state index in [4.69, 9.17) is 0 Å². The molecular weight excluding hydrogens is 361 g/mol. The Morgan fingerprint density at radius 1 is 0.857 bits per heavy atom. The standard InChI is InChI=1S/C20H18FN5O2/c1-13(27)23-16-6-8-17(9-7-16)24-20(28)18-10-11-19(26-25-18)22-12-14-2-4-15(21)5-3-14/h2-11H,12H2,1H3,(H,22,26)(H,23,27)(H,24,28). The van der Waals surface area contributed by atoms with Gasteiger partial charge in [-0.15, -0.1) is 10.2 Å². The minimum atomic E-state index is -0.398. The van der Waals surface area contributed by atoms with Gasteiger partial charge in [0.2, 0.25) is 5.91 Å². The highest BCUT2D eigenvalue weighted by Gasteiger charge is 2.09. The zero-order valence-electron chi connectivity index (χ0n) is 15.1. The van der Waals surface area contributed by atoms with Gasteiger partial charge in [0.25, 0.3) is 5.91 Å². The number of hydrogen-bond donors (Lipinski definition) is 3. The minimum absolute atomic E-state index is 0.165. The van der Waals surface area contributed by atoms with E-state index in [2.05, 4.69) is 26.1 Å². The van der Waals surface area contributed by atoms with Crippen molar-refractivity contribution in [2.45, 2.75) is 13.5 Å². The molecule has 28 heavy (non-hydrogen) atoms. The highest BCUT2D eigenvalue weighted by atomic mass is 19.1. The fraction of sp³-hybridized carbons (Fsp3) is 0.100. The maximum absolute atomic E-state index is 12.9. The van der Waals surface area contributed by atoms with Gasteiger partial charge < -0.3 is 16.0 Å². The first kappa shape index (κ1) is 19.0. The number of halogens is 1. The summed E-state index contributed by atoms with van der Waals surface area (Å²) in [4.78, 5) is 23.3. The van der Waals surface area contributed by atoms with Crippen LogP contribution in [0.15, 0.2) is 60.7 Å². The number of rotatable bonds is 6. The number of carbonyl (C=O) groups excluding carboxylic acids is 2. The summed E-state index contributed by atoms with van der Waals surface area (Å²) < 4.78 is 12.9. The number of carbonyl (C=O) groups is 2. The van der Waals surface area contributed by atoms with Gasteiger partial charge >= 0.3 is 0 Å². The Morgan fingerprint density at radius 3 is 2.07 bits per heavy atom. The summed E-state index contributed by atoms with van der Waals surface area (Å²) in [6, 6.07) is 16.0. The topological polar surface area (TPSA) is 96.0 Å². The van der Waals surface area contributed by atoms with Crippen LogP contribution >= 0.6 is 0 Å². The fourth-order valence-electron chi connectivity index (χ4n) is 2.38. The summed E-state index contributed by atoms with van der Waals surface area (Å²) in [6.07, 6.45) is 0. The van der Waals surface area contributed by atoms with Crippen LogP contribution in [0, 0.1) is 5.82 Å². The second-order valence-corrected chi connectivity index (χ2v) is 6.00. The average molecular weight is 379 g/mol. The first-order valence-corrected chi connectivity index (χ1v) is 8.50. The molecule has 0 saturated heterocycles. The van der Waals surface area contributed by atoms with Crippen LogP contribution < -0.4 is 16.0 Å². The Labute approximate surface area is 161 Å². The van der Waals surface area contributed by atoms with Crippen molar-refractivity contribution in [2.24, 2.45) is 0 Å². The highest BCUT2D eigenvalue weighted by Crippen LogP contribution is 2.14. The van der Waals surface area contributed by atoms with Crippen LogP contribution in [0.2, 0.25) is 0 Å². The predicted molar refractivity (Wildman–Crippen MR) is 104 cm³/mol. The van der Waals surface area contributed by atoms with Crippen LogP contribution in [0.5, 0.6) is 0 Å². The third-order valence-electron chi connectivity index (χ3n) is 3.75. The van der Waals surface area contributed by atoms with Gasteiger partial charge in [-0.3, -0.25) is 9.59 Å². The number of hydrogen-bond acceptors (Lipinski definition) is 5. The van der Waals surface area contributed by atoms with E-state index in [1.54, 1.807) is 48.5 Å². The van der Waals surface area contributed by atoms with E-state index in [0.717, 1.165) is 5.56 Å². The van der Waals surface area contributed by atoms with Crippen molar-refractivity contribution in [2.75, 3.05) is 16.0 Å². The maximum atomic E-state index is 12.9. The minimum Gasteiger partial charge on any atom is -0.365 e. The number of aromatic nitrogens is 2. The molecule has 0 aliphatic heterocycles. The smallest absolute Gasteiger partial charge is 0.276 e. The lowest BCUT2D eigenvalue weighted by atomic mass is 10.2. The summed E-state index contributed by atoms with van der Waals surface area (Å²) in [7, 11) is 0. The van der Waals surface area contributed by atoms with Crippen LogP contribution in [0.25, 0.3) is 0 Å². The molecule has 0 unspecified atom stereocenters. The lowest BCUT2D eigenvalue weighted by Gasteiger charge is -2.08. The molecule has 1 aromatic heterocycles. The lowest BCUT2D eigenvalue weighted by Crippen LogP contribution is -2.15. The predicted octanol–water partition coefficient (Wildman–Crippen LogP) is 3.44. The lowest BCUT2D eigenvalue weighted by molar-refractivity contribution is -0.114. The molecule has 3 N–H and O–H groups in total. The monoisotopic (exact) mass is 379 g/mol. The summed E-state index contributed by atoms with van der Waals surface area (Å²) in [5.41, 5.74) is 2.27. The van der Waals surface area contributed by atoms with Gasteiger partial charge in [-0.25, -0.2) is 4.39 Å². The number of nitrogens with one attached hydrogen (secondary N) is 3. The Bertz CT molecular complexity index is 957. The normalized spacial score (nSPS) is 10.2. The first-order valence-electron chi connectivity index (χ1n) is 8.50. The Kier molecular flexibility index (Phi) is 5.91. The Balaban J connectivity index is 1.55. The molecule has 8 heteroatoms. The van der Waals surface area contributed by atoms with Gasteiger partial charge in [0.1, 0.15) is 11.6 Å². The van der Waals surface area contributed by atoms with Gasteiger partial charge in [-0.2, -0.15) is 0 Å². The van der Waals surface area contributed by atoms with Crippen LogP contribution in [0.4, 0.5) is 21.6 Å². The largest absolute Gasteiger partial charge is 0.365 e. The molecule has 2 amide bonds. The molecule has 142 valence electrons. The van der Waals surface area contributed by atoms with Gasteiger partial charge in [0.15, 0.2) is 5.69 Å². The molecule has 0 fully saturated rings. The third-order valence-corrected chi connectivity index (χ3v) is 3.75. The zero-order chi connectivity index (χ0) is 19.9. The van der Waals surface area contributed by atoms with E-state index in [9.17, 15) is 14.0 Å². The number of amides is 2. The highest BCUT2D eigenvalue weighted by molar-refractivity contribution is 6.03. The second kappa shape index (κ2) is 8.72. The van der Waals surface area contributed by atoms with Crippen molar-refractivity contribution in [3.63, 3.8) is 0 Å². The van der Waals surface area contributed by atoms with E-state index in [1.165, 1.54) is 19.1 Å². The Morgan fingerprint density at radius 2 is 1.50 bits per heavy atom. The molecular formula is C20H18FN5O2. The molecule has 0 saturated carbocycles. The summed E-state index contributed by atoms with van der Waals surface area (Å²) in [5, 5.41) is 16.3. The second-order valence-electron chi connectivity index (χ2n) is 6.00. The number of anilines is 3. The van der Waals surface area contributed by atoms with Gasteiger partial charge in [-0.1, -0.05) is 12.1 Å². The third kappa shape index (κ3) is 5.34. The number of nitrogens with zero attached hydrogens (tertiary/aromatic N) is 2. The SMILES string of the molecule is CC(=O)Nc1ccc(NC(=O)c2ccc(NCc3ccc(F)cc3)nn2)cc1. The van der Waals surface area contributed by atoms with Crippen molar-refractivity contribution >= 4 is 29.0 Å². The molecule has 2 aromatic carbocycles. The summed E-state index contributed by atoms with van der Waals surface area (Å²) in [5.74, 6) is -0.353. The molecule has 3 rings (SSSR count). The van der Waals surface area contributed by atoms with Crippen molar-refractivity contribution in [1.29, 1.82) is 0 Å². The van der Waals surface area contributed by atoms with E-state index >= 15 is 0 Å². The summed E-state index contributed by atoms with van der Waals surface area (Å²) >= 11 is 0. The summed E-state index contributed by atoms with van der Waals surface area (Å²) in [6.45, 7) is 1.88. The van der Waals surface area contributed by atoms with E-state index < -0.39 is 5.91 Å². The molecule has 0 aliphatic carbocycles. The van der Waals surface area contributed by atoms with Crippen LogP contribution in [0.3, 0.4) is 0 Å². The molecule has 1 heterocycles. The quantitative estimate of drug-likeness (QED) is 0.610. The van der Waals surface area contributed by atoms with Crippen molar-refractivity contribution in [3.8, 4) is 0 Å². The van der Waals surface area contributed by atoms with Crippen LogP contribution in [0.1, 0.15) is 23.0 Å². The first-order chi connectivity index (χ1) is 13.5. The number of benzene rings is 2. The average Bonchev–Trinajstić information content (AvgIpc) is 2.69. The molecule has 0 radical (unpaired) electrons. The van der Waals surface area contributed by atoms with Gasteiger partial charge in [0.05, 0.1) is 0 Å². The molecule has 7 nitrogen and oxygen atoms in total. The maximum Gasteiger partial charge on any atom is 0.276 e. The molecule has 0 atom stereocenters. The Hall–Kier alpha value is -3.81. The fourth-order valence-corrected chi connectivity index (χ4v) is 2.38. The zero-order valence-corrected chi connectivity index (χ0v) is 15.1. The van der Waals surface area contributed by atoms with Crippen molar-refractivity contribution in [1.82, 2.24) is 10.2 Å². The van der Waals surface area contributed by atoms with Gasteiger partial charge in [0, 0.05) is 24.8 Å². The van der Waals surface area contributed by atoms with Crippen molar-refractivity contribution in [3.05, 3.63) is 77.7 Å². The molecule has 0 spiro atoms. The van der Waals surface area contributed by atoms with Crippen LogP contribution in [-0.4, -0.2) is 22.0 Å². The van der Waals surface area contributed by atoms with E-state index in [-0.39, 0.29) is 17.4 Å². The van der Waals surface area contributed by atoms with Gasteiger partial charge in [-0.05, 0) is 54.1 Å². The molecule has 3 aromatic rings. The van der Waals surface area contributed by atoms with E-state index in [0.29, 0.717) is 23.7 Å². The molecule has 0 bridgehead atoms. The van der Waals surface area contributed by atoms with Crippen molar-refractivity contribution < 1.29 is 14.0 Å². The van der Waals surface area contributed by atoms with E-state index in [1.807, 2.05) is 0 Å².